The largest absolute Gasteiger partial charge is 0.450 e. The van der Waals surface area contributed by atoms with Gasteiger partial charge in [-0.05, 0) is 48.2 Å². The molecule has 1 aliphatic rings. The Morgan fingerprint density at radius 1 is 1.26 bits per heavy atom. The average molecular weight is 486 g/mol. The van der Waals surface area contributed by atoms with Gasteiger partial charge in [-0.25, -0.2) is 4.79 Å². The summed E-state index contributed by atoms with van der Waals surface area (Å²) in [7, 11) is 1.70. The zero-order chi connectivity index (χ0) is 21.8. The van der Waals surface area contributed by atoms with Gasteiger partial charge in [-0.15, -0.1) is 0 Å². The molecule has 2 heterocycles. The Hall–Kier alpha value is -2.35. The van der Waals surface area contributed by atoms with Crippen molar-refractivity contribution in [2.24, 2.45) is 0 Å². The minimum absolute atomic E-state index is 0.204. The van der Waals surface area contributed by atoms with Gasteiger partial charge in [-0.2, -0.15) is 0 Å². The Morgan fingerprint density at radius 3 is 2.81 bits per heavy atom. The molecule has 6 nitrogen and oxygen atoms in total. The minimum atomic E-state index is -0.275. The molecule has 1 atom stereocenters. The van der Waals surface area contributed by atoms with Gasteiger partial charge in [0.2, 0.25) is 0 Å². The number of amides is 1. The van der Waals surface area contributed by atoms with Crippen LogP contribution in [0.5, 0.6) is 0 Å². The van der Waals surface area contributed by atoms with Crippen molar-refractivity contribution in [1.82, 2.24) is 15.2 Å². The average Bonchev–Trinajstić information content (AvgIpc) is 3.14. The van der Waals surface area contributed by atoms with E-state index in [-0.39, 0.29) is 12.1 Å². The van der Waals surface area contributed by atoms with E-state index < -0.39 is 0 Å². The van der Waals surface area contributed by atoms with Crippen LogP contribution in [0.3, 0.4) is 0 Å². The number of fused-ring (bicyclic) bond motifs is 3. The van der Waals surface area contributed by atoms with Gasteiger partial charge in [0.05, 0.1) is 13.2 Å². The third kappa shape index (κ3) is 4.63. The lowest BCUT2D eigenvalue weighted by Crippen LogP contribution is -2.41. The second-order valence-corrected chi connectivity index (χ2v) is 8.58. The van der Waals surface area contributed by atoms with Crippen LogP contribution in [0.25, 0.3) is 10.9 Å². The Labute approximate surface area is 191 Å². The molecule has 1 unspecified atom stereocenters. The molecule has 3 aromatic rings. The summed E-state index contributed by atoms with van der Waals surface area (Å²) in [6.07, 6.45) is 0.520. The maximum atomic E-state index is 12.8. The van der Waals surface area contributed by atoms with E-state index in [4.69, 9.17) is 9.47 Å². The quantitative estimate of drug-likeness (QED) is 0.473. The van der Waals surface area contributed by atoms with Gasteiger partial charge in [0, 0.05) is 47.8 Å². The normalized spacial score (nSPS) is 15.8. The maximum absolute atomic E-state index is 12.8. The Bertz CT molecular complexity index is 1050. The molecule has 1 aliphatic heterocycles. The van der Waals surface area contributed by atoms with Crippen molar-refractivity contribution >= 4 is 32.9 Å². The molecule has 0 bridgehead atoms. The standard InChI is InChI=1S/C24H28BrN3O3/c1-3-31-24(29)28-12-10-19-20-14-18(25)8-9-21(20)27-22(19)23(28)17-6-4-16(5-7-17)15-26-11-13-30-2/h4-9,14,23,26-27H,3,10-13,15H2,1-2H3. The summed E-state index contributed by atoms with van der Waals surface area (Å²) in [5, 5.41) is 4.57. The lowest BCUT2D eigenvalue weighted by molar-refractivity contribution is 0.0932. The molecule has 0 saturated heterocycles. The SMILES string of the molecule is CCOC(=O)N1CCc2c([nH]c3ccc(Br)cc23)C1c1ccc(CNCCOC)cc1. The zero-order valence-electron chi connectivity index (χ0n) is 17.9. The lowest BCUT2D eigenvalue weighted by Gasteiger charge is -2.35. The molecule has 0 fully saturated rings. The fourth-order valence-electron chi connectivity index (χ4n) is 4.24. The first-order chi connectivity index (χ1) is 15.1. The summed E-state index contributed by atoms with van der Waals surface area (Å²) in [5.74, 6) is 0. The van der Waals surface area contributed by atoms with Crippen molar-refractivity contribution in [1.29, 1.82) is 0 Å². The molecule has 0 spiro atoms. The molecule has 0 aliphatic carbocycles. The molecule has 2 aromatic carbocycles. The first-order valence-electron chi connectivity index (χ1n) is 10.6. The van der Waals surface area contributed by atoms with Crippen LogP contribution in [0, 0.1) is 0 Å². The highest BCUT2D eigenvalue weighted by molar-refractivity contribution is 9.10. The van der Waals surface area contributed by atoms with Crippen LogP contribution in [0.15, 0.2) is 46.9 Å². The number of aromatic nitrogens is 1. The predicted molar refractivity (Wildman–Crippen MR) is 125 cm³/mol. The number of rotatable bonds is 7. The second-order valence-electron chi connectivity index (χ2n) is 7.66. The highest BCUT2D eigenvalue weighted by Gasteiger charge is 2.35. The maximum Gasteiger partial charge on any atom is 0.410 e. The highest BCUT2D eigenvalue weighted by atomic mass is 79.9. The van der Waals surface area contributed by atoms with Gasteiger partial charge in [-0.1, -0.05) is 40.2 Å². The van der Waals surface area contributed by atoms with Gasteiger partial charge in [0.15, 0.2) is 0 Å². The Balaban J connectivity index is 1.68. The van der Waals surface area contributed by atoms with E-state index in [0.717, 1.165) is 40.8 Å². The minimum Gasteiger partial charge on any atom is -0.450 e. The number of nitrogens with zero attached hydrogens (tertiary/aromatic N) is 1. The molecule has 31 heavy (non-hydrogen) atoms. The van der Waals surface area contributed by atoms with Crippen LogP contribution >= 0.6 is 15.9 Å². The molecule has 0 radical (unpaired) electrons. The number of hydrogen-bond acceptors (Lipinski definition) is 4. The molecule has 164 valence electrons. The summed E-state index contributed by atoms with van der Waals surface area (Å²) in [6, 6.07) is 14.5. The van der Waals surface area contributed by atoms with Crippen molar-refractivity contribution in [3.8, 4) is 0 Å². The van der Waals surface area contributed by atoms with Crippen molar-refractivity contribution < 1.29 is 14.3 Å². The van der Waals surface area contributed by atoms with Crippen LogP contribution in [-0.4, -0.2) is 49.4 Å². The summed E-state index contributed by atoms with van der Waals surface area (Å²) >= 11 is 3.59. The van der Waals surface area contributed by atoms with Crippen molar-refractivity contribution in [3.05, 3.63) is 69.3 Å². The number of H-pyrrole nitrogens is 1. The van der Waals surface area contributed by atoms with E-state index in [1.807, 2.05) is 17.9 Å². The molecule has 7 heteroatoms. The summed E-state index contributed by atoms with van der Waals surface area (Å²) < 4.78 is 11.5. The number of carbonyl (C=O) groups excluding carboxylic acids is 1. The fourth-order valence-corrected chi connectivity index (χ4v) is 4.60. The van der Waals surface area contributed by atoms with Crippen LogP contribution < -0.4 is 5.32 Å². The van der Waals surface area contributed by atoms with Crippen LogP contribution in [0.4, 0.5) is 4.79 Å². The van der Waals surface area contributed by atoms with Crippen LogP contribution in [0.2, 0.25) is 0 Å². The van der Waals surface area contributed by atoms with E-state index in [0.29, 0.717) is 19.8 Å². The molecule has 2 N–H and O–H groups in total. The monoisotopic (exact) mass is 485 g/mol. The summed E-state index contributed by atoms with van der Waals surface area (Å²) in [5.41, 5.74) is 5.69. The number of hydrogen-bond donors (Lipinski definition) is 2. The highest BCUT2D eigenvalue weighted by Crippen LogP contribution is 2.39. The van der Waals surface area contributed by atoms with Gasteiger partial charge in [0.1, 0.15) is 6.04 Å². The first-order valence-corrected chi connectivity index (χ1v) is 11.4. The number of benzene rings is 2. The third-order valence-electron chi connectivity index (χ3n) is 5.70. The van der Waals surface area contributed by atoms with Gasteiger partial charge >= 0.3 is 6.09 Å². The number of methoxy groups -OCH3 is 1. The Morgan fingerprint density at radius 2 is 2.06 bits per heavy atom. The van der Waals surface area contributed by atoms with Crippen LogP contribution in [-0.2, 0) is 22.4 Å². The molecular weight excluding hydrogens is 458 g/mol. The lowest BCUT2D eigenvalue weighted by atomic mass is 9.92. The molecule has 0 saturated carbocycles. The molecular formula is C24H28BrN3O3. The molecule has 1 aromatic heterocycles. The first kappa shape index (κ1) is 21.9. The van der Waals surface area contributed by atoms with E-state index in [1.165, 1.54) is 16.5 Å². The van der Waals surface area contributed by atoms with Crippen molar-refractivity contribution in [2.45, 2.75) is 25.9 Å². The van der Waals surface area contributed by atoms with E-state index in [9.17, 15) is 4.79 Å². The van der Waals surface area contributed by atoms with Gasteiger partial charge in [-0.3, -0.25) is 4.90 Å². The van der Waals surface area contributed by atoms with E-state index in [2.05, 4.69) is 62.6 Å². The summed E-state index contributed by atoms with van der Waals surface area (Å²) in [6.45, 7) is 5.10. The van der Waals surface area contributed by atoms with Crippen molar-refractivity contribution in [3.63, 3.8) is 0 Å². The number of nitrogens with one attached hydrogen (secondary N) is 2. The van der Waals surface area contributed by atoms with Gasteiger partial charge < -0.3 is 19.8 Å². The second kappa shape index (κ2) is 9.85. The van der Waals surface area contributed by atoms with Crippen molar-refractivity contribution in [2.75, 3.05) is 33.4 Å². The predicted octanol–water partition coefficient (Wildman–Crippen LogP) is 4.77. The van der Waals surface area contributed by atoms with Gasteiger partial charge in [0.25, 0.3) is 0 Å². The third-order valence-corrected chi connectivity index (χ3v) is 6.19. The zero-order valence-corrected chi connectivity index (χ0v) is 19.5. The fraction of sp³-hybridized carbons (Fsp3) is 0.375. The molecule has 4 rings (SSSR count). The number of aromatic amines is 1. The number of halogens is 1. The smallest absolute Gasteiger partial charge is 0.410 e. The summed E-state index contributed by atoms with van der Waals surface area (Å²) in [4.78, 5) is 18.2. The van der Waals surface area contributed by atoms with Crippen LogP contribution in [0.1, 0.15) is 35.3 Å². The van der Waals surface area contributed by atoms with E-state index >= 15 is 0 Å². The molecule has 1 amide bonds. The Kier molecular flexibility index (Phi) is 6.95. The number of carbonyl (C=O) groups is 1. The van der Waals surface area contributed by atoms with E-state index in [1.54, 1.807) is 7.11 Å². The topological polar surface area (TPSA) is 66.6 Å². The number of ether oxygens (including phenoxy) is 2.